The molecule has 25 heavy (non-hydrogen) atoms. The number of hydrogen-bond acceptors (Lipinski definition) is 5. The monoisotopic (exact) mass is 351 g/mol. The van der Waals surface area contributed by atoms with Crippen LogP contribution >= 0.6 is 11.3 Å². The fourth-order valence-corrected chi connectivity index (χ4v) is 2.95. The van der Waals surface area contributed by atoms with Gasteiger partial charge in [0.05, 0.1) is 12.8 Å². The molecule has 0 fully saturated rings. The molecule has 2 aromatic carbocycles. The van der Waals surface area contributed by atoms with Crippen LogP contribution in [0.15, 0.2) is 60.1 Å². The number of nitrogens with one attached hydrogen (secondary N) is 1. The van der Waals surface area contributed by atoms with Gasteiger partial charge in [-0.15, -0.1) is 11.3 Å². The van der Waals surface area contributed by atoms with Gasteiger partial charge in [0.25, 0.3) is 0 Å². The zero-order valence-electron chi connectivity index (χ0n) is 13.4. The lowest BCUT2D eigenvalue weighted by Gasteiger charge is -2.02. The first kappa shape index (κ1) is 16.7. The van der Waals surface area contributed by atoms with Crippen molar-refractivity contribution in [2.24, 2.45) is 0 Å². The minimum atomic E-state index is -0.308. The number of benzene rings is 2. The molecule has 0 saturated carbocycles. The molecule has 3 aromatic rings. The largest absolute Gasteiger partial charge is 0.497 e. The Bertz CT molecular complexity index is 942. The second-order valence-corrected chi connectivity index (χ2v) is 5.95. The molecule has 0 spiro atoms. The van der Waals surface area contributed by atoms with E-state index >= 15 is 0 Å². The Labute approximate surface area is 148 Å². The average molecular weight is 351 g/mol. The summed E-state index contributed by atoms with van der Waals surface area (Å²) in [5.41, 5.74) is 2.80. The molecule has 0 saturated heterocycles. The Kier molecular flexibility index (Phi) is 5.07. The van der Waals surface area contributed by atoms with E-state index in [1.165, 1.54) is 23.5 Å². The van der Waals surface area contributed by atoms with E-state index in [0.29, 0.717) is 16.3 Å². The van der Waals surface area contributed by atoms with E-state index in [0.717, 1.165) is 17.0 Å². The molecule has 3 rings (SSSR count). The van der Waals surface area contributed by atoms with Gasteiger partial charge in [-0.1, -0.05) is 12.1 Å². The fraction of sp³-hybridized carbons (Fsp3) is 0.0526. The maximum Gasteiger partial charge on any atom is 0.136 e. The molecule has 0 aliphatic carbocycles. The quantitative estimate of drug-likeness (QED) is 0.662. The van der Waals surface area contributed by atoms with E-state index < -0.39 is 0 Å². The van der Waals surface area contributed by atoms with Gasteiger partial charge < -0.3 is 10.1 Å². The molecular weight excluding hydrogens is 337 g/mol. The number of nitrogens with zero attached hydrogens (tertiary/aromatic N) is 2. The van der Waals surface area contributed by atoms with E-state index in [-0.39, 0.29) is 5.82 Å². The maximum atomic E-state index is 12.9. The molecule has 0 amide bonds. The predicted molar refractivity (Wildman–Crippen MR) is 97.7 cm³/mol. The number of nitriles is 1. The Morgan fingerprint density at radius 2 is 2.08 bits per heavy atom. The highest BCUT2D eigenvalue weighted by molar-refractivity contribution is 7.11. The SMILES string of the molecule is COc1cccc(-c2csc(/C(C#N)=C\Nc3ccc(F)cc3)n2)c1. The average Bonchev–Trinajstić information content (AvgIpc) is 3.14. The minimum absolute atomic E-state index is 0.308. The van der Waals surface area contributed by atoms with Crippen molar-refractivity contribution in [1.29, 1.82) is 5.26 Å². The topological polar surface area (TPSA) is 57.9 Å². The molecule has 1 heterocycles. The number of hydrogen-bond donors (Lipinski definition) is 1. The van der Waals surface area contributed by atoms with Crippen molar-refractivity contribution < 1.29 is 9.13 Å². The smallest absolute Gasteiger partial charge is 0.136 e. The third kappa shape index (κ3) is 4.03. The van der Waals surface area contributed by atoms with Crippen molar-refractivity contribution >= 4 is 22.6 Å². The minimum Gasteiger partial charge on any atom is -0.497 e. The van der Waals surface area contributed by atoms with Gasteiger partial charge in [0.1, 0.15) is 28.2 Å². The third-order valence-electron chi connectivity index (χ3n) is 3.45. The summed E-state index contributed by atoms with van der Waals surface area (Å²) in [6.07, 6.45) is 1.57. The summed E-state index contributed by atoms with van der Waals surface area (Å²) in [6.45, 7) is 0. The molecule has 0 unspecified atom stereocenters. The van der Waals surface area contributed by atoms with Crippen molar-refractivity contribution in [3.05, 3.63) is 70.9 Å². The first-order valence-corrected chi connectivity index (χ1v) is 8.30. The van der Waals surface area contributed by atoms with E-state index in [4.69, 9.17) is 4.74 Å². The van der Waals surface area contributed by atoms with Crippen LogP contribution in [0.3, 0.4) is 0 Å². The number of methoxy groups -OCH3 is 1. The Balaban J connectivity index is 1.82. The lowest BCUT2D eigenvalue weighted by Crippen LogP contribution is -1.91. The molecular formula is C19H14FN3OS. The second-order valence-electron chi connectivity index (χ2n) is 5.09. The first-order chi connectivity index (χ1) is 12.2. The normalized spacial score (nSPS) is 11.0. The molecule has 0 atom stereocenters. The Hall–Kier alpha value is -3.17. The number of rotatable bonds is 5. The molecule has 4 nitrogen and oxygen atoms in total. The van der Waals surface area contributed by atoms with Gasteiger partial charge in [0, 0.05) is 22.8 Å². The fourth-order valence-electron chi connectivity index (χ4n) is 2.16. The van der Waals surface area contributed by atoms with Crippen LogP contribution < -0.4 is 10.1 Å². The summed E-state index contributed by atoms with van der Waals surface area (Å²) < 4.78 is 18.1. The molecule has 6 heteroatoms. The van der Waals surface area contributed by atoms with Gasteiger partial charge in [-0.25, -0.2) is 9.37 Å². The molecule has 124 valence electrons. The lowest BCUT2D eigenvalue weighted by atomic mass is 10.1. The van der Waals surface area contributed by atoms with Crippen LogP contribution in [-0.4, -0.2) is 12.1 Å². The number of halogens is 1. The van der Waals surface area contributed by atoms with Crippen LogP contribution in [0.25, 0.3) is 16.8 Å². The van der Waals surface area contributed by atoms with Crippen LogP contribution in [0.2, 0.25) is 0 Å². The second kappa shape index (κ2) is 7.60. The van der Waals surface area contributed by atoms with Crippen LogP contribution in [0.5, 0.6) is 5.75 Å². The summed E-state index contributed by atoms with van der Waals surface area (Å²) in [5.74, 6) is 0.443. The summed E-state index contributed by atoms with van der Waals surface area (Å²) in [5, 5.41) is 14.9. The molecule has 0 aliphatic heterocycles. The summed E-state index contributed by atoms with van der Waals surface area (Å²) in [4.78, 5) is 4.53. The van der Waals surface area contributed by atoms with Crippen LogP contribution in [0, 0.1) is 17.1 Å². The van der Waals surface area contributed by atoms with E-state index in [2.05, 4.69) is 16.4 Å². The standard InChI is InChI=1S/C19H14FN3OS/c1-24-17-4-2-3-13(9-17)18-12-25-19(23-18)14(10-21)11-22-16-7-5-15(20)6-8-16/h2-9,11-12,22H,1H3/b14-11-. The molecule has 0 aliphatic rings. The van der Waals surface area contributed by atoms with Crippen molar-refractivity contribution in [3.63, 3.8) is 0 Å². The van der Waals surface area contributed by atoms with E-state index in [9.17, 15) is 9.65 Å². The summed E-state index contributed by atoms with van der Waals surface area (Å²) in [6, 6.07) is 15.6. The van der Waals surface area contributed by atoms with Crippen molar-refractivity contribution in [1.82, 2.24) is 4.98 Å². The number of allylic oxidation sites excluding steroid dienone is 1. The van der Waals surface area contributed by atoms with E-state index in [1.807, 2.05) is 29.6 Å². The third-order valence-corrected chi connectivity index (χ3v) is 4.32. The van der Waals surface area contributed by atoms with Crippen LogP contribution in [-0.2, 0) is 0 Å². The highest BCUT2D eigenvalue weighted by Gasteiger charge is 2.09. The zero-order chi connectivity index (χ0) is 17.6. The number of aromatic nitrogens is 1. The molecule has 1 aromatic heterocycles. The molecule has 0 bridgehead atoms. The molecule has 1 N–H and O–H groups in total. The first-order valence-electron chi connectivity index (χ1n) is 7.42. The van der Waals surface area contributed by atoms with Gasteiger partial charge >= 0.3 is 0 Å². The highest BCUT2D eigenvalue weighted by Crippen LogP contribution is 2.28. The number of thiazole rings is 1. The van der Waals surface area contributed by atoms with Crippen LogP contribution in [0.4, 0.5) is 10.1 Å². The zero-order valence-corrected chi connectivity index (χ0v) is 14.2. The van der Waals surface area contributed by atoms with Gasteiger partial charge in [-0.05, 0) is 36.4 Å². The molecule has 0 radical (unpaired) electrons. The number of anilines is 1. The summed E-state index contributed by atoms with van der Waals surface area (Å²) in [7, 11) is 1.61. The van der Waals surface area contributed by atoms with Crippen LogP contribution in [0.1, 0.15) is 5.01 Å². The van der Waals surface area contributed by atoms with E-state index in [1.54, 1.807) is 25.4 Å². The maximum absolute atomic E-state index is 12.9. The van der Waals surface area contributed by atoms with Crippen molar-refractivity contribution in [3.8, 4) is 23.1 Å². The lowest BCUT2D eigenvalue weighted by molar-refractivity contribution is 0.415. The Morgan fingerprint density at radius 1 is 1.28 bits per heavy atom. The Morgan fingerprint density at radius 3 is 2.80 bits per heavy atom. The highest BCUT2D eigenvalue weighted by atomic mass is 32.1. The van der Waals surface area contributed by atoms with Gasteiger partial charge in [-0.2, -0.15) is 5.26 Å². The van der Waals surface area contributed by atoms with Gasteiger partial charge in [-0.3, -0.25) is 0 Å². The van der Waals surface area contributed by atoms with Gasteiger partial charge in [0.2, 0.25) is 0 Å². The van der Waals surface area contributed by atoms with Gasteiger partial charge in [0.15, 0.2) is 0 Å². The number of ether oxygens (including phenoxy) is 1. The van der Waals surface area contributed by atoms with Crippen molar-refractivity contribution in [2.75, 3.05) is 12.4 Å². The van der Waals surface area contributed by atoms with Crippen molar-refractivity contribution in [2.45, 2.75) is 0 Å². The summed E-state index contributed by atoms with van der Waals surface area (Å²) >= 11 is 1.39. The predicted octanol–water partition coefficient (Wildman–Crippen LogP) is 4.93.